The molecule has 10 heteroatoms. The Morgan fingerprint density at radius 3 is 2.83 bits per heavy atom. The molecular formula is C20H14BrN3O6. The summed E-state index contributed by atoms with van der Waals surface area (Å²) in [7, 11) is 0. The van der Waals surface area contributed by atoms with E-state index in [4.69, 9.17) is 4.74 Å². The molecule has 2 aromatic heterocycles. The lowest BCUT2D eigenvalue weighted by molar-refractivity contribution is -0.384. The minimum absolute atomic E-state index is 0.0535. The molecule has 0 fully saturated rings. The highest BCUT2D eigenvalue weighted by atomic mass is 79.9. The maximum atomic E-state index is 13.2. The molecule has 152 valence electrons. The van der Waals surface area contributed by atoms with E-state index in [-0.39, 0.29) is 29.8 Å². The number of non-ortho nitro benzene ring substituents is 1. The zero-order chi connectivity index (χ0) is 21.4. The van der Waals surface area contributed by atoms with E-state index in [9.17, 15) is 24.8 Å². The number of carbonyl (C=O) groups is 1. The standard InChI is InChI=1S/C20H14BrN3O6/c1-2-20(27)13-7-15-16-11(6-9-5-10(24(28)29)3-4-14(9)22-16)17(21)23(15)18(25)12(13)8-30-19(20)26/h3-7,17,27H,2,8H2,1H3/t17?,20-/m0/s1. The molecule has 5 rings (SSSR count). The summed E-state index contributed by atoms with van der Waals surface area (Å²) in [6, 6.07) is 7.72. The van der Waals surface area contributed by atoms with Gasteiger partial charge in [-0.05, 0) is 24.6 Å². The van der Waals surface area contributed by atoms with Crippen LogP contribution in [-0.4, -0.2) is 25.6 Å². The minimum Gasteiger partial charge on any atom is -0.458 e. The van der Waals surface area contributed by atoms with E-state index in [1.54, 1.807) is 25.1 Å². The molecule has 2 aliphatic rings. The molecule has 0 spiro atoms. The molecule has 1 aromatic carbocycles. The molecular weight excluding hydrogens is 458 g/mol. The number of cyclic esters (lactones) is 1. The molecule has 0 saturated carbocycles. The zero-order valence-corrected chi connectivity index (χ0v) is 17.2. The smallest absolute Gasteiger partial charge is 0.343 e. The van der Waals surface area contributed by atoms with Crippen molar-refractivity contribution in [3.8, 4) is 11.4 Å². The number of carbonyl (C=O) groups excluding carboxylic acids is 1. The molecule has 0 radical (unpaired) electrons. The number of nitrogens with zero attached hydrogens (tertiary/aromatic N) is 3. The fourth-order valence-corrected chi connectivity index (χ4v) is 4.86. The summed E-state index contributed by atoms with van der Waals surface area (Å²) in [4.78, 5) is 40.2. The molecule has 3 aromatic rings. The number of aromatic nitrogens is 2. The van der Waals surface area contributed by atoms with Crippen molar-refractivity contribution in [3.05, 3.63) is 67.5 Å². The predicted octanol–water partition coefficient (Wildman–Crippen LogP) is 2.88. The third kappa shape index (κ3) is 2.34. The second-order valence-electron chi connectivity index (χ2n) is 7.28. The van der Waals surface area contributed by atoms with Crippen molar-refractivity contribution in [1.82, 2.24) is 9.55 Å². The first kappa shape index (κ1) is 18.9. The van der Waals surface area contributed by atoms with E-state index >= 15 is 0 Å². The minimum atomic E-state index is -1.90. The van der Waals surface area contributed by atoms with Gasteiger partial charge in [0.05, 0.1) is 27.4 Å². The van der Waals surface area contributed by atoms with Crippen LogP contribution >= 0.6 is 15.9 Å². The van der Waals surface area contributed by atoms with Gasteiger partial charge in [0.2, 0.25) is 0 Å². The van der Waals surface area contributed by atoms with Crippen LogP contribution in [0.3, 0.4) is 0 Å². The number of hydrogen-bond acceptors (Lipinski definition) is 7. The lowest BCUT2D eigenvalue weighted by Crippen LogP contribution is -2.44. The molecule has 0 bridgehead atoms. The summed E-state index contributed by atoms with van der Waals surface area (Å²) in [6.07, 6.45) is 0.0567. The van der Waals surface area contributed by atoms with Crippen molar-refractivity contribution < 1.29 is 19.6 Å². The van der Waals surface area contributed by atoms with Crippen LogP contribution in [0.1, 0.15) is 35.0 Å². The van der Waals surface area contributed by atoms with Crippen LogP contribution in [0.4, 0.5) is 5.69 Å². The normalized spacial score (nSPS) is 21.7. The number of aliphatic hydroxyl groups is 1. The fourth-order valence-electron chi connectivity index (χ4n) is 4.10. The maximum Gasteiger partial charge on any atom is 0.343 e. The van der Waals surface area contributed by atoms with Crippen molar-refractivity contribution in [2.45, 2.75) is 30.5 Å². The van der Waals surface area contributed by atoms with E-state index in [1.807, 2.05) is 0 Å². The van der Waals surface area contributed by atoms with Crippen LogP contribution in [0.15, 0.2) is 35.1 Å². The molecule has 1 N–H and O–H groups in total. The number of rotatable bonds is 2. The van der Waals surface area contributed by atoms with Crippen LogP contribution in [0.5, 0.6) is 0 Å². The van der Waals surface area contributed by atoms with Crippen LogP contribution in [0, 0.1) is 10.1 Å². The summed E-state index contributed by atoms with van der Waals surface area (Å²) in [5.41, 5.74) is 0.268. The number of halogens is 1. The molecule has 2 aliphatic heterocycles. The quantitative estimate of drug-likeness (QED) is 0.263. The molecule has 1 unspecified atom stereocenters. The van der Waals surface area contributed by atoms with Gasteiger partial charge in [-0.1, -0.05) is 22.9 Å². The van der Waals surface area contributed by atoms with Gasteiger partial charge in [-0.2, -0.15) is 0 Å². The van der Waals surface area contributed by atoms with Gasteiger partial charge in [0.25, 0.3) is 11.2 Å². The average molecular weight is 472 g/mol. The third-order valence-corrected chi connectivity index (χ3v) is 6.65. The number of nitro benzene ring substituents is 1. The Morgan fingerprint density at radius 1 is 1.37 bits per heavy atom. The van der Waals surface area contributed by atoms with Crippen LogP contribution in [0.2, 0.25) is 0 Å². The Balaban J connectivity index is 1.80. The number of fused-ring (bicyclic) bond motifs is 5. The Kier molecular flexibility index (Phi) is 3.90. The zero-order valence-electron chi connectivity index (χ0n) is 15.6. The predicted molar refractivity (Wildman–Crippen MR) is 109 cm³/mol. The number of nitro groups is 1. The fraction of sp³-hybridized carbons (Fsp3) is 0.250. The van der Waals surface area contributed by atoms with E-state index in [0.717, 1.165) is 0 Å². The highest BCUT2D eigenvalue weighted by Gasteiger charge is 2.46. The highest BCUT2D eigenvalue weighted by Crippen LogP contribution is 2.44. The van der Waals surface area contributed by atoms with Gasteiger partial charge in [0.1, 0.15) is 11.6 Å². The summed E-state index contributed by atoms with van der Waals surface area (Å²) in [5.74, 6) is -0.783. The van der Waals surface area contributed by atoms with Gasteiger partial charge in [0, 0.05) is 28.6 Å². The molecule has 0 saturated heterocycles. The van der Waals surface area contributed by atoms with Crippen LogP contribution < -0.4 is 5.56 Å². The number of esters is 1. The second kappa shape index (κ2) is 6.19. The molecule has 0 aliphatic carbocycles. The lowest BCUT2D eigenvalue weighted by Gasteiger charge is -2.31. The van der Waals surface area contributed by atoms with Gasteiger partial charge >= 0.3 is 5.97 Å². The van der Waals surface area contributed by atoms with Crippen molar-refractivity contribution in [2.75, 3.05) is 0 Å². The van der Waals surface area contributed by atoms with Crippen molar-refractivity contribution in [2.24, 2.45) is 0 Å². The van der Waals surface area contributed by atoms with Gasteiger partial charge in [-0.15, -0.1) is 0 Å². The van der Waals surface area contributed by atoms with E-state index in [0.29, 0.717) is 27.9 Å². The molecule has 2 atom stereocenters. The Hall–Kier alpha value is -3.11. The van der Waals surface area contributed by atoms with Crippen molar-refractivity contribution >= 4 is 38.5 Å². The maximum absolute atomic E-state index is 13.2. The number of alkyl halides is 1. The van der Waals surface area contributed by atoms with E-state index in [2.05, 4.69) is 20.9 Å². The Morgan fingerprint density at radius 2 is 2.13 bits per heavy atom. The number of hydrogen-bond donors (Lipinski definition) is 1. The molecule has 0 amide bonds. The van der Waals surface area contributed by atoms with Gasteiger partial charge < -0.3 is 9.84 Å². The van der Waals surface area contributed by atoms with Crippen molar-refractivity contribution in [3.63, 3.8) is 0 Å². The van der Waals surface area contributed by atoms with E-state index < -0.39 is 27.0 Å². The van der Waals surface area contributed by atoms with Gasteiger partial charge in [-0.25, -0.2) is 9.78 Å². The highest BCUT2D eigenvalue weighted by molar-refractivity contribution is 9.09. The average Bonchev–Trinajstić information content (AvgIpc) is 3.00. The number of benzene rings is 1. The Labute approximate surface area is 177 Å². The summed E-state index contributed by atoms with van der Waals surface area (Å²) in [5, 5.41) is 22.6. The van der Waals surface area contributed by atoms with Gasteiger partial charge in [-0.3, -0.25) is 19.5 Å². The molecule has 30 heavy (non-hydrogen) atoms. The van der Waals surface area contributed by atoms with Crippen molar-refractivity contribution in [1.29, 1.82) is 0 Å². The first-order valence-electron chi connectivity index (χ1n) is 9.18. The summed E-state index contributed by atoms with van der Waals surface area (Å²) < 4.78 is 6.55. The third-order valence-electron chi connectivity index (χ3n) is 5.75. The summed E-state index contributed by atoms with van der Waals surface area (Å²) >= 11 is 3.52. The number of ether oxygens (including phenoxy) is 1. The summed E-state index contributed by atoms with van der Waals surface area (Å²) in [6.45, 7) is 1.42. The largest absolute Gasteiger partial charge is 0.458 e. The van der Waals surface area contributed by atoms with Gasteiger partial charge in [0.15, 0.2) is 5.60 Å². The SMILES string of the molecule is CC[C@@]1(O)C(=O)OCc2c1cc1n(c2=O)C(Br)c2cc3cc([N+](=O)[O-])ccc3nc2-1. The first-order chi connectivity index (χ1) is 14.3. The van der Waals surface area contributed by atoms with Crippen LogP contribution in [-0.2, 0) is 21.7 Å². The topological polar surface area (TPSA) is 125 Å². The second-order valence-corrected chi connectivity index (χ2v) is 8.15. The first-order valence-corrected chi connectivity index (χ1v) is 10.1. The number of pyridine rings is 2. The lowest BCUT2D eigenvalue weighted by atomic mass is 9.86. The molecule has 4 heterocycles. The van der Waals surface area contributed by atoms with E-state index in [1.165, 1.54) is 16.7 Å². The Bertz CT molecular complexity index is 1350. The monoisotopic (exact) mass is 471 g/mol. The van der Waals surface area contributed by atoms with Crippen LogP contribution in [0.25, 0.3) is 22.3 Å². The molecule has 9 nitrogen and oxygen atoms in total.